The fourth-order valence-corrected chi connectivity index (χ4v) is 4.66. The molecule has 1 saturated heterocycles. The smallest absolute Gasteiger partial charge is 0.253 e. The number of aromatic nitrogens is 3. The quantitative estimate of drug-likeness (QED) is 0.412. The van der Waals surface area contributed by atoms with E-state index < -0.39 is 0 Å². The number of rotatable bonds is 6. The van der Waals surface area contributed by atoms with Crippen molar-refractivity contribution in [2.75, 3.05) is 20.2 Å². The van der Waals surface area contributed by atoms with Crippen LogP contribution in [0.2, 0.25) is 0 Å². The van der Waals surface area contributed by atoms with Gasteiger partial charge < -0.3 is 14.2 Å². The number of imidazole rings is 1. The van der Waals surface area contributed by atoms with E-state index in [0.29, 0.717) is 13.1 Å². The molecule has 2 aromatic heterocycles. The zero-order chi connectivity index (χ0) is 23.3. The Morgan fingerprint density at radius 2 is 1.97 bits per heavy atom. The second-order valence-corrected chi connectivity index (χ2v) is 8.67. The molecule has 172 valence electrons. The molecule has 0 aliphatic carbocycles. The van der Waals surface area contributed by atoms with Gasteiger partial charge in [0.25, 0.3) is 5.91 Å². The van der Waals surface area contributed by atoms with Gasteiger partial charge in [-0.25, -0.2) is 4.98 Å². The highest BCUT2D eigenvalue weighted by Crippen LogP contribution is 2.31. The fraction of sp³-hybridized carbons (Fsp3) is 0.250. The maximum Gasteiger partial charge on any atom is 0.253 e. The largest absolute Gasteiger partial charge is 0.496 e. The monoisotopic (exact) mass is 452 g/mol. The molecule has 3 heterocycles. The van der Waals surface area contributed by atoms with Crippen LogP contribution in [-0.2, 0) is 6.54 Å². The van der Waals surface area contributed by atoms with Gasteiger partial charge in [-0.2, -0.15) is 0 Å². The van der Waals surface area contributed by atoms with Crippen LogP contribution in [0, 0.1) is 0 Å². The van der Waals surface area contributed by atoms with Crippen molar-refractivity contribution in [1.82, 2.24) is 19.4 Å². The molecule has 2 aromatic carbocycles. The maximum absolute atomic E-state index is 13.4. The summed E-state index contributed by atoms with van der Waals surface area (Å²) in [6, 6.07) is 22.0. The maximum atomic E-state index is 13.4. The molecule has 6 heteroatoms. The minimum absolute atomic E-state index is 0.0815. The van der Waals surface area contributed by atoms with E-state index in [-0.39, 0.29) is 11.8 Å². The van der Waals surface area contributed by atoms with Gasteiger partial charge in [0.1, 0.15) is 5.75 Å². The minimum Gasteiger partial charge on any atom is -0.496 e. The predicted molar refractivity (Wildman–Crippen MR) is 132 cm³/mol. The van der Waals surface area contributed by atoms with Crippen LogP contribution in [-0.4, -0.2) is 45.5 Å². The number of hydrogen-bond donors (Lipinski definition) is 0. The van der Waals surface area contributed by atoms with Crippen molar-refractivity contribution in [2.24, 2.45) is 0 Å². The zero-order valence-corrected chi connectivity index (χ0v) is 19.3. The van der Waals surface area contributed by atoms with E-state index in [1.165, 1.54) is 0 Å². The summed E-state index contributed by atoms with van der Waals surface area (Å²) in [5.74, 6) is 1.10. The van der Waals surface area contributed by atoms with E-state index in [9.17, 15) is 4.79 Å². The summed E-state index contributed by atoms with van der Waals surface area (Å²) in [7, 11) is 1.68. The average Bonchev–Trinajstić information content (AvgIpc) is 3.41. The van der Waals surface area contributed by atoms with Crippen LogP contribution >= 0.6 is 0 Å². The Bertz CT molecular complexity index is 1270. The van der Waals surface area contributed by atoms with E-state index in [0.717, 1.165) is 53.2 Å². The van der Waals surface area contributed by atoms with Crippen molar-refractivity contribution < 1.29 is 9.53 Å². The average molecular weight is 453 g/mol. The van der Waals surface area contributed by atoms with Gasteiger partial charge in [-0.3, -0.25) is 9.78 Å². The van der Waals surface area contributed by atoms with Crippen molar-refractivity contribution in [3.05, 3.63) is 102 Å². The molecule has 1 aliphatic rings. The first-order valence-electron chi connectivity index (χ1n) is 11.7. The number of amides is 1. The Kier molecular flexibility index (Phi) is 6.38. The van der Waals surface area contributed by atoms with Gasteiger partial charge in [0.15, 0.2) is 0 Å². The standard InChI is InChI=1S/C28H28N4O2/c1-34-27-13-3-2-10-24(27)26-12-5-11-25(30-26)23-9-6-15-32(19-23)28(33)22-8-4-7-21(17-22)18-31-16-14-29-20-31/h2-5,7-8,10-14,16-17,20,23H,6,9,15,18-19H2,1H3/t23-/m1/s1. The van der Waals surface area contributed by atoms with Crippen LogP contribution < -0.4 is 4.74 Å². The van der Waals surface area contributed by atoms with Crippen LogP contribution in [0.15, 0.2) is 85.5 Å². The number of pyridine rings is 1. The van der Waals surface area contributed by atoms with E-state index in [2.05, 4.69) is 11.1 Å². The normalized spacial score (nSPS) is 15.8. The molecular weight excluding hydrogens is 424 g/mol. The first-order chi connectivity index (χ1) is 16.7. The summed E-state index contributed by atoms with van der Waals surface area (Å²) < 4.78 is 7.53. The number of carbonyl (C=O) groups excluding carboxylic acids is 1. The van der Waals surface area contributed by atoms with Gasteiger partial charge in [0.05, 0.1) is 19.1 Å². The van der Waals surface area contributed by atoms with Crippen molar-refractivity contribution in [3.8, 4) is 17.0 Å². The molecular formula is C28H28N4O2. The van der Waals surface area contributed by atoms with Gasteiger partial charge in [-0.05, 0) is 54.8 Å². The third kappa shape index (κ3) is 4.71. The second kappa shape index (κ2) is 9.91. The molecule has 1 aliphatic heterocycles. The molecule has 0 spiro atoms. The van der Waals surface area contributed by atoms with Crippen LogP contribution in [0.4, 0.5) is 0 Å². The van der Waals surface area contributed by atoms with Crippen molar-refractivity contribution in [3.63, 3.8) is 0 Å². The number of methoxy groups -OCH3 is 1. The zero-order valence-electron chi connectivity index (χ0n) is 19.3. The highest BCUT2D eigenvalue weighted by atomic mass is 16.5. The molecule has 0 unspecified atom stereocenters. The number of likely N-dealkylation sites (tertiary alicyclic amines) is 1. The van der Waals surface area contributed by atoms with Crippen LogP contribution in [0.5, 0.6) is 5.75 Å². The molecule has 34 heavy (non-hydrogen) atoms. The minimum atomic E-state index is 0.0815. The number of nitrogens with zero attached hydrogens (tertiary/aromatic N) is 4. The molecule has 0 bridgehead atoms. The van der Waals surface area contributed by atoms with Gasteiger partial charge in [0.2, 0.25) is 0 Å². The summed E-state index contributed by atoms with van der Waals surface area (Å²) in [5.41, 5.74) is 4.71. The topological polar surface area (TPSA) is 60.2 Å². The Balaban J connectivity index is 1.33. The van der Waals surface area contributed by atoms with Gasteiger partial charge >= 0.3 is 0 Å². The lowest BCUT2D eigenvalue weighted by Gasteiger charge is -2.33. The lowest BCUT2D eigenvalue weighted by molar-refractivity contribution is 0.0706. The van der Waals surface area contributed by atoms with E-state index in [1.54, 1.807) is 19.6 Å². The first kappa shape index (κ1) is 21.9. The van der Waals surface area contributed by atoms with Crippen LogP contribution in [0.25, 0.3) is 11.3 Å². The second-order valence-electron chi connectivity index (χ2n) is 8.67. The summed E-state index contributed by atoms with van der Waals surface area (Å²) >= 11 is 0. The number of benzene rings is 2. The third-order valence-electron chi connectivity index (χ3n) is 6.38. The molecule has 6 nitrogen and oxygen atoms in total. The summed E-state index contributed by atoms with van der Waals surface area (Å²) in [6.45, 7) is 2.14. The first-order valence-corrected chi connectivity index (χ1v) is 11.7. The Morgan fingerprint density at radius 3 is 2.82 bits per heavy atom. The molecule has 4 aromatic rings. The number of para-hydroxylation sites is 1. The molecule has 5 rings (SSSR count). The molecule has 1 atom stereocenters. The number of carbonyl (C=O) groups is 1. The molecule has 1 fully saturated rings. The molecule has 0 saturated carbocycles. The summed E-state index contributed by atoms with van der Waals surface area (Å²) in [6.07, 6.45) is 7.46. The lowest BCUT2D eigenvalue weighted by Crippen LogP contribution is -2.39. The third-order valence-corrected chi connectivity index (χ3v) is 6.38. The summed E-state index contributed by atoms with van der Waals surface area (Å²) in [4.78, 5) is 24.4. The van der Waals surface area contributed by atoms with Crippen LogP contribution in [0.3, 0.4) is 0 Å². The van der Waals surface area contributed by atoms with Gasteiger partial charge in [-0.1, -0.05) is 30.3 Å². The van der Waals surface area contributed by atoms with E-state index in [1.807, 2.05) is 76.3 Å². The number of hydrogen-bond acceptors (Lipinski definition) is 4. The molecule has 1 amide bonds. The van der Waals surface area contributed by atoms with Gasteiger partial charge in [0, 0.05) is 54.8 Å². The van der Waals surface area contributed by atoms with Crippen molar-refractivity contribution in [2.45, 2.75) is 25.3 Å². The number of ether oxygens (including phenoxy) is 1. The van der Waals surface area contributed by atoms with Gasteiger partial charge in [-0.15, -0.1) is 0 Å². The Hall–Kier alpha value is -3.93. The van der Waals surface area contributed by atoms with E-state index >= 15 is 0 Å². The highest BCUT2D eigenvalue weighted by molar-refractivity contribution is 5.94. The summed E-state index contributed by atoms with van der Waals surface area (Å²) in [5, 5.41) is 0. The fourth-order valence-electron chi connectivity index (χ4n) is 4.66. The predicted octanol–water partition coefficient (Wildman–Crippen LogP) is 5.02. The van der Waals surface area contributed by atoms with Crippen molar-refractivity contribution >= 4 is 5.91 Å². The highest BCUT2D eigenvalue weighted by Gasteiger charge is 2.26. The Labute approximate surface area is 199 Å². The lowest BCUT2D eigenvalue weighted by atomic mass is 9.93. The number of piperidine rings is 1. The van der Waals surface area contributed by atoms with Crippen LogP contribution in [0.1, 0.15) is 40.4 Å². The van der Waals surface area contributed by atoms with Crippen molar-refractivity contribution in [1.29, 1.82) is 0 Å². The van der Waals surface area contributed by atoms with E-state index in [4.69, 9.17) is 9.72 Å². The SMILES string of the molecule is COc1ccccc1-c1cccc([C@@H]2CCCN(C(=O)c3cccc(Cn4ccnc4)c3)C2)n1. The molecule has 0 N–H and O–H groups in total. The Morgan fingerprint density at radius 1 is 1.09 bits per heavy atom. The molecule has 0 radical (unpaired) electrons.